The van der Waals surface area contributed by atoms with E-state index in [1.54, 1.807) is 0 Å². The summed E-state index contributed by atoms with van der Waals surface area (Å²) in [4.78, 5) is 34.3. The molecule has 0 aliphatic heterocycles. The third-order valence-electron chi connectivity index (χ3n) is 9.19. The topological polar surface area (TPSA) is 146 Å². The smallest absolute Gasteiger partial charge is 0.468 e. The van der Waals surface area contributed by atoms with Crippen LogP contribution in [0.1, 0.15) is 194 Å². The fourth-order valence-electron chi connectivity index (χ4n) is 5.97. The molecule has 11 heteroatoms. The highest BCUT2D eigenvalue weighted by molar-refractivity contribution is 7.47. The van der Waals surface area contributed by atoms with Crippen molar-refractivity contribution < 1.29 is 37.6 Å². The lowest BCUT2D eigenvalue weighted by molar-refractivity contribution is -0.143. The van der Waals surface area contributed by atoms with Gasteiger partial charge in [0, 0.05) is 13.0 Å². The number of phosphoric acid groups is 1. The molecular formula is C39H79N2O8P. The summed E-state index contributed by atoms with van der Waals surface area (Å²) in [6.45, 7) is 4.41. The molecule has 10 nitrogen and oxygen atoms in total. The van der Waals surface area contributed by atoms with Crippen molar-refractivity contribution in [3.05, 3.63) is 0 Å². The Kier molecular flexibility index (Phi) is 35.6. The van der Waals surface area contributed by atoms with Crippen molar-refractivity contribution in [3.8, 4) is 0 Å². The van der Waals surface area contributed by atoms with Gasteiger partial charge in [0.25, 0.3) is 0 Å². The number of hydrogen-bond donors (Lipinski definition) is 3. The summed E-state index contributed by atoms with van der Waals surface area (Å²) in [6.07, 6.45) is 34.4. The van der Waals surface area contributed by atoms with Crippen molar-refractivity contribution >= 4 is 19.7 Å². The normalized spacial score (nSPS) is 13.9. The van der Waals surface area contributed by atoms with Crippen molar-refractivity contribution in [3.63, 3.8) is 0 Å². The molecule has 0 saturated carbocycles. The summed E-state index contributed by atoms with van der Waals surface area (Å²) >= 11 is 0. The van der Waals surface area contributed by atoms with Crippen LogP contribution in [0.2, 0.25) is 0 Å². The largest absolute Gasteiger partial charge is 0.472 e. The first-order valence-electron chi connectivity index (χ1n) is 20.6. The Morgan fingerprint density at radius 2 is 0.980 bits per heavy atom. The van der Waals surface area contributed by atoms with Crippen LogP contribution in [0, 0.1) is 0 Å². The number of unbranched alkanes of at least 4 members (excludes halogenated alkanes) is 25. The Morgan fingerprint density at radius 1 is 0.600 bits per heavy atom. The summed E-state index contributed by atoms with van der Waals surface area (Å²) in [5, 5.41) is 2.90. The van der Waals surface area contributed by atoms with E-state index in [-0.39, 0.29) is 19.1 Å². The predicted octanol–water partition coefficient (Wildman–Crippen LogP) is 10.1. The predicted molar refractivity (Wildman–Crippen MR) is 205 cm³/mol. The van der Waals surface area contributed by atoms with Crippen LogP contribution in [0.25, 0.3) is 0 Å². The summed E-state index contributed by atoms with van der Waals surface area (Å²) in [5.41, 5.74) is 5.59. The van der Waals surface area contributed by atoms with E-state index in [1.165, 1.54) is 148 Å². The van der Waals surface area contributed by atoms with Crippen LogP contribution in [-0.4, -0.2) is 62.4 Å². The highest BCUT2D eigenvalue weighted by Crippen LogP contribution is 2.43. The molecule has 0 aliphatic rings. The Balaban J connectivity index is 4.30. The number of nitrogens with one attached hydrogen (secondary N) is 1. The molecule has 0 bridgehead atoms. The average Bonchev–Trinajstić information content (AvgIpc) is 3.10. The lowest BCUT2D eigenvalue weighted by Gasteiger charge is -2.21. The highest BCUT2D eigenvalue weighted by Gasteiger charge is 2.27. The Hall–Kier alpha value is -1.03. The molecule has 0 aromatic carbocycles. The zero-order chi connectivity index (χ0) is 37.0. The number of amides is 1. The molecule has 0 rings (SSSR count). The maximum Gasteiger partial charge on any atom is 0.472 e. The van der Waals surface area contributed by atoms with Crippen LogP contribution < -0.4 is 11.1 Å². The number of rotatable bonds is 39. The van der Waals surface area contributed by atoms with Gasteiger partial charge in [0.1, 0.15) is 6.04 Å². The quantitative estimate of drug-likeness (QED) is 0.0319. The second-order valence-electron chi connectivity index (χ2n) is 14.1. The number of nitrogens with two attached hydrogens (primary N) is 1. The van der Waals surface area contributed by atoms with Gasteiger partial charge in [-0.2, -0.15) is 0 Å². The number of hydrogen-bond acceptors (Lipinski definition) is 8. The molecule has 0 fully saturated rings. The highest BCUT2D eigenvalue weighted by atomic mass is 31.2. The van der Waals surface area contributed by atoms with Gasteiger partial charge in [-0.1, -0.05) is 174 Å². The van der Waals surface area contributed by atoms with E-state index >= 15 is 0 Å². The van der Waals surface area contributed by atoms with Gasteiger partial charge in [-0.25, -0.2) is 4.57 Å². The second kappa shape index (κ2) is 36.3. The molecule has 1 amide bonds. The van der Waals surface area contributed by atoms with Crippen LogP contribution in [0.3, 0.4) is 0 Å². The number of carbonyl (C=O) groups excluding carboxylic acids is 2. The minimum atomic E-state index is -4.52. The summed E-state index contributed by atoms with van der Waals surface area (Å²) in [6, 6.07) is -1.83. The molecule has 4 N–H and O–H groups in total. The maximum atomic E-state index is 12.7. The van der Waals surface area contributed by atoms with Crippen LogP contribution in [0.5, 0.6) is 0 Å². The first-order chi connectivity index (χ1) is 24.3. The minimum Gasteiger partial charge on any atom is -0.468 e. The number of phosphoric ester groups is 1. The van der Waals surface area contributed by atoms with Crippen molar-refractivity contribution in [1.82, 2.24) is 5.32 Å². The molecular weight excluding hydrogens is 655 g/mol. The van der Waals surface area contributed by atoms with Crippen molar-refractivity contribution in [2.75, 3.05) is 33.5 Å². The van der Waals surface area contributed by atoms with Gasteiger partial charge in [-0.15, -0.1) is 0 Å². The van der Waals surface area contributed by atoms with Crippen molar-refractivity contribution in [2.24, 2.45) is 5.73 Å². The minimum absolute atomic E-state index is 0.136. The van der Waals surface area contributed by atoms with E-state index < -0.39 is 32.5 Å². The van der Waals surface area contributed by atoms with Crippen LogP contribution in [0.4, 0.5) is 0 Å². The van der Waals surface area contributed by atoms with Gasteiger partial charge < -0.3 is 25.4 Å². The molecule has 298 valence electrons. The second-order valence-corrected chi connectivity index (χ2v) is 15.6. The molecule has 0 radical (unpaired) electrons. The molecule has 0 aromatic rings. The first kappa shape index (κ1) is 49.0. The van der Waals surface area contributed by atoms with Crippen molar-refractivity contribution in [2.45, 2.75) is 206 Å². The number of esters is 1. The maximum absolute atomic E-state index is 12.7. The number of methoxy groups -OCH3 is 1. The SMILES string of the molecule is CCCCCCCCCCCCCCCCOC[C@H](COP(=O)(O)OC[C@H](N)C(=O)OC)NC(=O)CCCCCCCCCCCCCCC. The van der Waals surface area contributed by atoms with Crippen LogP contribution in [-0.2, 0) is 32.7 Å². The molecule has 0 heterocycles. The monoisotopic (exact) mass is 735 g/mol. The Bertz CT molecular complexity index is 819. The van der Waals surface area contributed by atoms with E-state index in [1.807, 2.05) is 0 Å². The number of ether oxygens (including phenoxy) is 2. The zero-order valence-corrected chi connectivity index (χ0v) is 33.5. The zero-order valence-electron chi connectivity index (χ0n) is 32.6. The molecule has 3 atom stereocenters. The van der Waals surface area contributed by atoms with E-state index in [0.717, 1.165) is 32.1 Å². The lowest BCUT2D eigenvalue weighted by atomic mass is 10.0. The summed E-state index contributed by atoms with van der Waals surface area (Å²) in [5.74, 6) is -0.900. The van der Waals surface area contributed by atoms with E-state index in [0.29, 0.717) is 13.0 Å². The van der Waals surface area contributed by atoms with Crippen molar-refractivity contribution in [1.29, 1.82) is 0 Å². The third kappa shape index (κ3) is 34.1. The molecule has 50 heavy (non-hydrogen) atoms. The van der Waals surface area contributed by atoms with E-state index in [4.69, 9.17) is 19.5 Å². The Labute approximate surface area is 307 Å². The standard InChI is InChI=1S/C39H79N2O8P/c1-4-6-8-10-12-14-16-18-20-22-24-26-28-30-32-47-33-36(34-48-50(44,45)49-35-37(40)39(43)46-3)41-38(42)31-29-27-25-23-21-19-17-15-13-11-9-7-5-2/h36-37H,4-35,40H2,1-3H3,(H,41,42)(H,44,45)/t36-,37+/m1/s1. The van der Waals surface area contributed by atoms with Gasteiger partial charge in [0.2, 0.25) is 5.91 Å². The van der Waals surface area contributed by atoms with Crippen LogP contribution >= 0.6 is 7.82 Å². The third-order valence-corrected chi connectivity index (χ3v) is 10.1. The van der Waals surface area contributed by atoms with Gasteiger partial charge >= 0.3 is 13.8 Å². The van der Waals surface area contributed by atoms with E-state index in [2.05, 4.69) is 23.9 Å². The summed E-state index contributed by atoms with van der Waals surface area (Å²) < 4.78 is 32.8. The summed E-state index contributed by atoms with van der Waals surface area (Å²) in [7, 11) is -3.35. The molecule has 0 aliphatic carbocycles. The van der Waals surface area contributed by atoms with Gasteiger partial charge in [-0.3, -0.25) is 18.6 Å². The van der Waals surface area contributed by atoms with Gasteiger partial charge in [0.05, 0.1) is 33.0 Å². The fraction of sp³-hybridized carbons (Fsp3) is 0.949. The van der Waals surface area contributed by atoms with Gasteiger partial charge in [0.15, 0.2) is 0 Å². The van der Waals surface area contributed by atoms with E-state index in [9.17, 15) is 19.0 Å². The Morgan fingerprint density at radius 3 is 1.40 bits per heavy atom. The first-order valence-corrected chi connectivity index (χ1v) is 22.1. The van der Waals surface area contributed by atoms with Gasteiger partial charge in [-0.05, 0) is 12.8 Å². The average molecular weight is 735 g/mol. The lowest BCUT2D eigenvalue weighted by Crippen LogP contribution is -2.41. The molecule has 0 aromatic heterocycles. The molecule has 0 spiro atoms. The number of carbonyl (C=O) groups is 2. The van der Waals surface area contributed by atoms with Crippen LogP contribution in [0.15, 0.2) is 0 Å². The molecule has 0 saturated heterocycles. The molecule has 1 unspecified atom stereocenters. The fourth-order valence-corrected chi connectivity index (χ4v) is 6.77.